The van der Waals surface area contributed by atoms with Gasteiger partial charge in [-0.2, -0.15) is 5.26 Å². The Morgan fingerprint density at radius 2 is 2.25 bits per heavy atom. The van der Waals surface area contributed by atoms with Gasteiger partial charge in [0, 0.05) is 13.6 Å². The number of nitrogens with zero attached hydrogens (tertiary/aromatic N) is 2. The number of hydrogen-bond donors (Lipinski definition) is 2. The molecule has 1 aromatic carbocycles. The molecule has 1 amide bonds. The first kappa shape index (κ1) is 14.5. The Bertz CT molecular complexity index is 507. The predicted octanol–water partition coefficient (Wildman–Crippen LogP) is 0.802. The molecule has 1 fully saturated rings. The van der Waals surface area contributed by atoms with E-state index in [1.54, 1.807) is 31.3 Å². The minimum absolute atomic E-state index is 0.00882. The van der Waals surface area contributed by atoms with E-state index in [-0.39, 0.29) is 11.9 Å². The molecule has 0 aromatic heterocycles. The Labute approximate surface area is 118 Å². The summed E-state index contributed by atoms with van der Waals surface area (Å²) < 4.78 is 0. The quantitative estimate of drug-likeness (QED) is 0.851. The molecule has 5 heteroatoms. The number of aliphatic hydroxyl groups excluding tert-OH is 1. The van der Waals surface area contributed by atoms with E-state index in [9.17, 15) is 9.90 Å². The van der Waals surface area contributed by atoms with Gasteiger partial charge < -0.3 is 10.4 Å². The number of nitrogens with one attached hydrogen (secondary N) is 1. The van der Waals surface area contributed by atoms with Gasteiger partial charge in [0.15, 0.2) is 0 Å². The lowest BCUT2D eigenvalue weighted by Crippen LogP contribution is -2.43. The number of likely N-dealkylation sites (tertiary alicyclic amines) is 1. The molecule has 0 spiro atoms. The van der Waals surface area contributed by atoms with Gasteiger partial charge in [-0.3, -0.25) is 9.69 Å². The van der Waals surface area contributed by atoms with E-state index < -0.39 is 6.10 Å². The maximum atomic E-state index is 11.8. The number of hydrogen-bond acceptors (Lipinski definition) is 4. The Kier molecular flexibility index (Phi) is 4.72. The number of amides is 1. The van der Waals surface area contributed by atoms with Crippen molar-refractivity contribution >= 4 is 5.91 Å². The highest BCUT2D eigenvalue weighted by Gasteiger charge is 2.31. The second-order valence-corrected chi connectivity index (χ2v) is 5.02. The summed E-state index contributed by atoms with van der Waals surface area (Å²) in [5.41, 5.74) is 1.34. The van der Waals surface area contributed by atoms with Crippen molar-refractivity contribution in [3.05, 3.63) is 35.4 Å². The van der Waals surface area contributed by atoms with Crippen molar-refractivity contribution in [2.45, 2.75) is 25.0 Å². The van der Waals surface area contributed by atoms with Gasteiger partial charge in [-0.1, -0.05) is 12.1 Å². The fraction of sp³-hybridized carbons (Fsp3) is 0.467. The zero-order chi connectivity index (χ0) is 14.5. The van der Waals surface area contributed by atoms with Gasteiger partial charge >= 0.3 is 0 Å². The van der Waals surface area contributed by atoms with Crippen LogP contribution in [0.3, 0.4) is 0 Å². The molecule has 2 atom stereocenters. The Hall–Kier alpha value is -1.90. The first-order valence-corrected chi connectivity index (χ1v) is 6.79. The SMILES string of the molecule is CNC(=O)C1CCCN1CC(O)c1ccc(C#N)cc1. The molecule has 0 radical (unpaired) electrons. The van der Waals surface area contributed by atoms with Gasteiger partial charge in [-0.05, 0) is 37.1 Å². The summed E-state index contributed by atoms with van der Waals surface area (Å²) in [5.74, 6) is 0.00882. The third-order valence-electron chi connectivity index (χ3n) is 3.74. The van der Waals surface area contributed by atoms with Crippen molar-refractivity contribution < 1.29 is 9.90 Å². The van der Waals surface area contributed by atoms with Crippen LogP contribution in [-0.4, -0.2) is 42.1 Å². The van der Waals surface area contributed by atoms with Crippen molar-refractivity contribution in [2.75, 3.05) is 20.1 Å². The van der Waals surface area contributed by atoms with Crippen LogP contribution in [-0.2, 0) is 4.79 Å². The summed E-state index contributed by atoms with van der Waals surface area (Å²) in [7, 11) is 1.63. The predicted molar refractivity (Wildman–Crippen MR) is 74.8 cm³/mol. The van der Waals surface area contributed by atoms with Gasteiger partial charge in [-0.25, -0.2) is 0 Å². The molecule has 0 bridgehead atoms. The van der Waals surface area contributed by atoms with E-state index in [2.05, 4.69) is 11.4 Å². The third-order valence-corrected chi connectivity index (χ3v) is 3.74. The monoisotopic (exact) mass is 273 g/mol. The zero-order valence-corrected chi connectivity index (χ0v) is 11.5. The van der Waals surface area contributed by atoms with Crippen molar-refractivity contribution in [3.8, 4) is 6.07 Å². The molecular formula is C15H19N3O2. The lowest BCUT2D eigenvalue weighted by molar-refractivity contribution is -0.125. The first-order chi connectivity index (χ1) is 9.65. The molecule has 1 saturated heterocycles. The minimum atomic E-state index is -0.645. The summed E-state index contributed by atoms with van der Waals surface area (Å²) in [6, 6.07) is 8.81. The molecule has 1 heterocycles. The molecule has 106 valence electrons. The lowest BCUT2D eigenvalue weighted by atomic mass is 10.1. The molecule has 1 aliphatic heterocycles. The van der Waals surface area contributed by atoms with Crippen molar-refractivity contribution in [2.24, 2.45) is 0 Å². The molecule has 1 aromatic rings. The van der Waals surface area contributed by atoms with Gasteiger partial charge in [-0.15, -0.1) is 0 Å². The number of likely N-dealkylation sites (N-methyl/N-ethyl adjacent to an activating group) is 1. The lowest BCUT2D eigenvalue weighted by Gasteiger charge is -2.25. The number of rotatable bonds is 4. The van der Waals surface area contributed by atoms with Crippen LogP contribution >= 0.6 is 0 Å². The van der Waals surface area contributed by atoms with E-state index in [0.29, 0.717) is 12.1 Å². The smallest absolute Gasteiger partial charge is 0.237 e. The fourth-order valence-electron chi connectivity index (χ4n) is 2.62. The summed E-state index contributed by atoms with van der Waals surface area (Å²) in [5, 5.41) is 21.7. The van der Waals surface area contributed by atoms with E-state index in [1.165, 1.54) is 0 Å². The average molecular weight is 273 g/mol. The highest BCUT2D eigenvalue weighted by molar-refractivity contribution is 5.81. The molecule has 0 aliphatic carbocycles. The summed E-state index contributed by atoms with van der Waals surface area (Å²) in [6.07, 6.45) is 1.16. The highest BCUT2D eigenvalue weighted by Crippen LogP contribution is 2.22. The second-order valence-electron chi connectivity index (χ2n) is 5.02. The number of nitriles is 1. The summed E-state index contributed by atoms with van der Waals surface area (Å²) >= 11 is 0. The molecule has 0 saturated carbocycles. The van der Waals surface area contributed by atoms with Crippen molar-refractivity contribution in [1.82, 2.24) is 10.2 Å². The van der Waals surface area contributed by atoms with Gasteiger partial charge in [0.05, 0.1) is 23.8 Å². The zero-order valence-electron chi connectivity index (χ0n) is 11.5. The molecule has 1 aliphatic rings. The van der Waals surface area contributed by atoms with Crippen molar-refractivity contribution in [3.63, 3.8) is 0 Å². The van der Waals surface area contributed by atoms with Crippen molar-refractivity contribution in [1.29, 1.82) is 5.26 Å². The number of carbonyl (C=O) groups excluding carboxylic acids is 1. The number of carbonyl (C=O) groups is 1. The maximum Gasteiger partial charge on any atom is 0.237 e. The standard InChI is InChI=1S/C15H19N3O2/c1-17-15(20)13-3-2-8-18(13)10-14(19)12-6-4-11(9-16)5-7-12/h4-7,13-14,19H,2-3,8,10H2,1H3,(H,17,20). The van der Waals surface area contributed by atoms with Crippen LogP contribution in [0.15, 0.2) is 24.3 Å². The van der Waals surface area contributed by atoms with E-state index >= 15 is 0 Å². The van der Waals surface area contributed by atoms with E-state index in [0.717, 1.165) is 24.9 Å². The van der Waals surface area contributed by atoms with E-state index in [1.807, 2.05) is 4.90 Å². The average Bonchev–Trinajstić information content (AvgIpc) is 2.94. The largest absolute Gasteiger partial charge is 0.387 e. The van der Waals surface area contributed by atoms with Crippen LogP contribution in [0.4, 0.5) is 0 Å². The molecule has 20 heavy (non-hydrogen) atoms. The molecule has 2 rings (SSSR count). The summed E-state index contributed by atoms with van der Waals surface area (Å²) in [4.78, 5) is 13.8. The number of aliphatic hydroxyl groups is 1. The van der Waals surface area contributed by atoms with Crippen LogP contribution < -0.4 is 5.32 Å². The van der Waals surface area contributed by atoms with Crippen LogP contribution in [0, 0.1) is 11.3 Å². The molecule has 2 unspecified atom stereocenters. The normalized spacial score (nSPS) is 20.4. The Morgan fingerprint density at radius 1 is 1.55 bits per heavy atom. The topological polar surface area (TPSA) is 76.4 Å². The van der Waals surface area contributed by atoms with Gasteiger partial charge in [0.1, 0.15) is 0 Å². The first-order valence-electron chi connectivity index (χ1n) is 6.79. The highest BCUT2D eigenvalue weighted by atomic mass is 16.3. The van der Waals surface area contributed by atoms with Crippen LogP contribution in [0.2, 0.25) is 0 Å². The summed E-state index contributed by atoms with van der Waals surface area (Å²) in [6.45, 7) is 1.26. The number of β-amino-alcohol motifs (C(OH)–C–C–N with tert-alkyl or cyclic N) is 1. The second kappa shape index (κ2) is 6.51. The Balaban J connectivity index is 2.01. The van der Waals surface area contributed by atoms with Crippen LogP contribution in [0.1, 0.15) is 30.1 Å². The molecule has 5 nitrogen and oxygen atoms in total. The fourth-order valence-corrected chi connectivity index (χ4v) is 2.62. The number of benzene rings is 1. The van der Waals surface area contributed by atoms with E-state index in [4.69, 9.17) is 5.26 Å². The maximum absolute atomic E-state index is 11.8. The van der Waals surface area contributed by atoms with Crippen LogP contribution in [0.5, 0.6) is 0 Å². The van der Waals surface area contributed by atoms with Gasteiger partial charge in [0.25, 0.3) is 0 Å². The Morgan fingerprint density at radius 3 is 2.85 bits per heavy atom. The third kappa shape index (κ3) is 3.16. The molecule has 2 N–H and O–H groups in total. The molecular weight excluding hydrogens is 254 g/mol. The van der Waals surface area contributed by atoms with Crippen LogP contribution in [0.25, 0.3) is 0 Å². The minimum Gasteiger partial charge on any atom is -0.387 e. The van der Waals surface area contributed by atoms with Gasteiger partial charge in [0.2, 0.25) is 5.91 Å².